The predicted octanol–water partition coefficient (Wildman–Crippen LogP) is 11.4. The number of aliphatic carboxylic acids is 1. The van der Waals surface area contributed by atoms with E-state index in [-0.39, 0.29) is 31.5 Å². The van der Waals surface area contributed by atoms with Gasteiger partial charge in [0, 0.05) is 48.7 Å². The number of aliphatic hydroxyl groups excluding tert-OH is 1. The number of hydrogen-bond donors (Lipinski definition) is 8. The van der Waals surface area contributed by atoms with E-state index in [0.29, 0.717) is 74.5 Å². The van der Waals surface area contributed by atoms with E-state index in [9.17, 15) is 69.8 Å². The van der Waals surface area contributed by atoms with Crippen molar-refractivity contribution in [3.05, 3.63) is 251 Å². The van der Waals surface area contributed by atoms with Crippen LogP contribution in [0.2, 0.25) is 0 Å². The van der Waals surface area contributed by atoms with Crippen LogP contribution in [0.4, 0.5) is 37.7 Å². The first kappa shape index (κ1) is 73.1. The van der Waals surface area contributed by atoms with Gasteiger partial charge in [-0.1, -0.05) is 146 Å². The van der Waals surface area contributed by atoms with Crippen LogP contribution in [-0.4, -0.2) is 97.0 Å². The zero-order chi connectivity index (χ0) is 69.3. The van der Waals surface area contributed by atoms with Crippen molar-refractivity contribution in [1.82, 2.24) is 21.3 Å². The van der Waals surface area contributed by atoms with E-state index in [4.69, 9.17) is 9.84 Å². The summed E-state index contributed by atoms with van der Waals surface area (Å²) >= 11 is 0. The highest BCUT2D eigenvalue weighted by atomic mass is 19.4. The molecular weight excluding hydrogens is 1240 g/mol. The largest absolute Gasteiger partial charge is 0.481 e. The number of amides is 6. The van der Waals surface area contributed by atoms with Gasteiger partial charge in [-0.2, -0.15) is 26.3 Å². The molecule has 0 fully saturated rings. The van der Waals surface area contributed by atoms with Crippen LogP contribution in [0.5, 0.6) is 0 Å². The van der Waals surface area contributed by atoms with E-state index in [1.807, 2.05) is 0 Å². The first-order valence-electron chi connectivity index (χ1n) is 29.9. The third kappa shape index (κ3) is 19.3. The van der Waals surface area contributed by atoms with Gasteiger partial charge in [-0.05, 0) is 133 Å². The van der Waals surface area contributed by atoms with Crippen LogP contribution in [0.3, 0.4) is 0 Å². The number of carboxylic acids is 1. The van der Waals surface area contributed by atoms with E-state index in [1.54, 1.807) is 185 Å². The molecule has 8 N–H and O–H groups in total. The lowest BCUT2D eigenvalue weighted by Gasteiger charge is -2.31. The molecule has 0 unspecified atom stereocenters. The second-order valence-corrected chi connectivity index (χ2v) is 21.1. The highest BCUT2D eigenvalue weighted by molar-refractivity contribution is 6.13. The van der Waals surface area contributed by atoms with Crippen LogP contribution >= 0.6 is 0 Å². The van der Waals surface area contributed by atoms with Crippen LogP contribution in [0.1, 0.15) is 81.8 Å². The van der Waals surface area contributed by atoms with E-state index in [1.165, 1.54) is 24.3 Å². The summed E-state index contributed by atoms with van der Waals surface area (Å²) in [6.07, 6.45) is -9.19. The normalized spacial score (nSPS) is 11.2. The summed E-state index contributed by atoms with van der Waals surface area (Å²) in [6, 6.07) is 52.2. The fourth-order valence-corrected chi connectivity index (χ4v) is 9.80. The fourth-order valence-electron chi connectivity index (χ4n) is 9.80. The molecule has 0 radical (unpaired) electrons. The molecule has 0 atom stereocenters. The van der Waals surface area contributed by atoms with Crippen LogP contribution < -0.4 is 31.9 Å². The molecule has 0 aliphatic heterocycles. The molecule has 95 heavy (non-hydrogen) atoms. The Hall–Kier alpha value is -10.9. The number of halogens is 6. The number of hydrogen-bond acceptors (Lipinski definition) is 10. The Morgan fingerprint density at radius 2 is 0.716 bits per heavy atom. The van der Waals surface area contributed by atoms with Gasteiger partial charge in [0.15, 0.2) is 10.8 Å². The number of benzene rings is 8. The lowest BCUT2D eigenvalue weighted by molar-refractivity contribution is -0.151. The van der Waals surface area contributed by atoms with Crippen molar-refractivity contribution in [2.75, 3.05) is 50.0 Å². The number of alkyl halides is 6. The molecule has 0 heterocycles. The van der Waals surface area contributed by atoms with Gasteiger partial charge in [0.05, 0.1) is 30.6 Å². The second kappa shape index (κ2) is 34.1. The van der Waals surface area contributed by atoms with E-state index < -0.39 is 94.9 Å². The quantitative estimate of drug-likeness (QED) is 0.0170. The summed E-state index contributed by atoms with van der Waals surface area (Å²) in [4.78, 5) is 101. The molecule has 0 aliphatic carbocycles. The van der Waals surface area contributed by atoms with E-state index in [2.05, 4.69) is 31.9 Å². The van der Waals surface area contributed by atoms with Crippen molar-refractivity contribution in [3.8, 4) is 22.3 Å². The summed E-state index contributed by atoms with van der Waals surface area (Å²) in [5.74, 6) is -4.68. The Kier molecular flexibility index (Phi) is 26.2. The molecule has 23 heteroatoms. The number of esters is 1. The van der Waals surface area contributed by atoms with Crippen LogP contribution in [0.15, 0.2) is 206 Å². The average molecular weight is 1310 g/mol. The molecule has 496 valence electrons. The van der Waals surface area contributed by atoms with Crippen molar-refractivity contribution < 1.29 is 79.6 Å². The number of carboxylic acid groups (broad SMARTS) is 1. The van der Waals surface area contributed by atoms with Gasteiger partial charge in [0.25, 0.3) is 11.8 Å². The second-order valence-electron chi connectivity index (χ2n) is 21.1. The minimum atomic E-state index is -4.47. The van der Waals surface area contributed by atoms with Crippen LogP contribution in [0, 0.1) is 0 Å². The standard InChI is InChI=1S/C36H34F3N3O5.C22H16F3NO3.C14H20N2O3/c1-3-40-33(45)35(34(46)41-4-2,26-10-6-5-7-11-26)23-47-31(43)22-24-14-20-28(21-15-24)42-32(44)30-13-9-8-12-29(30)25-16-18-27(19-17-25)36(37,38)39;23-22(24,25)16-9-7-15(8-10-16)18-3-1-2-4-19(18)21(29)26-17-11-5-14(6-12-17)13-20(27)28;1-3-15-12(18)14(10-17,13(19)16-4-2)11-8-6-5-7-9-11/h5-21H,3-4,22-23H2,1-2H3,(H,40,45)(H,41,46)(H,42,44);1-12H,13H2,(H,26,29)(H,27,28);5-9,17H,3-4,10H2,1-2H3,(H,15,18)(H,16,19). The van der Waals surface area contributed by atoms with Crippen molar-refractivity contribution in [1.29, 1.82) is 0 Å². The molecule has 0 bridgehead atoms. The molecule has 0 saturated heterocycles. The molecule has 8 rings (SSSR count). The number of nitrogens with one attached hydrogen (secondary N) is 6. The number of rotatable bonds is 23. The summed E-state index contributed by atoms with van der Waals surface area (Å²) < 4.78 is 82.9. The zero-order valence-corrected chi connectivity index (χ0v) is 52.1. The van der Waals surface area contributed by atoms with Crippen molar-refractivity contribution >= 4 is 58.8 Å². The molecule has 8 aromatic rings. The van der Waals surface area contributed by atoms with Gasteiger partial charge in [-0.3, -0.25) is 38.4 Å². The van der Waals surface area contributed by atoms with Gasteiger partial charge in [-0.25, -0.2) is 0 Å². The number of aliphatic hydroxyl groups is 1. The third-order valence-corrected chi connectivity index (χ3v) is 14.6. The lowest BCUT2D eigenvalue weighted by atomic mass is 9.79. The Balaban J connectivity index is 0.000000252. The maximum atomic E-state index is 13.3. The SMILES string of the molecule is CCNC(=O)C(CO)(C(=O)NCC)c1ccccc1.CCNC(=O)C(COC(=O)Cc1ccc(NC(=O)c2ccccc2-c2ccc(C(F)(F)F)cc2)cc1)(C(=O)NCC)c1ccccc1.O=C(O)Cc1ccc(NC(=O)c2ccccc2-c2ccc(C(F)(F)F)cc2)cc1. The zero-order valence-electron chi connectivity index (χ0n) is 52.1. The predicted molar refractivity (Wildman–Crippen MR) is 347 cm³/mol. The third-order valence-electron chi connectivity index (χ3n) is 14.6. The smallest absolute Gasteiger partial charge is 0.416 e. The minimum absolute atomic E-state index is 0.120. The van der Waals surface area contributed by atoms with E-state index in [0.717, 1.165) is 24.3 Å². The highest BCUT2D eigenvalue weighted by Crippen LogP contribution is 2.35. The summed E-state index contributed by atoms with van der Waals surface area (Å²) in [6.45, 7) is 7.22. The van der Waals surface area contributed by atoms with Crippen LogP contribution in [-0.2, 0) is 69.5 Å². The van der Waals surface area contributed by atoms with Gasteiger partial charge >= 0.3 is 24.3 Å². The van der Waals surface area contributed by atoms with E-state index >= 15 is 0 Å². The molecular formula is C72H70F6N6O11. The van der Waals surface area contributed by atoms with Gasteiger partial charge in [0.1, 0.15) is 6.61 Å². The molecule has 6 amide bonds. The Bertz CT molecular complexity index is 3870. The first-order chi connectivity index (χ1) is 45.4. The summed E-state index contributed by atoms with van der Waals surface area (Å²) in [5.41, 5.74) is 0.454. The molecule has 8 aromatic carbocycles. The number of likely N-dealkylation sites (N-methyl/N-ethyl adjacent to an activating group) is 4. The average Bonchev–Trinajstić information content (AvgIpc) is 0.804. The molecule has 0 aromatic heterocycles. The first-order valence-corrected chi connectivity index (χ1v) is 29.9. The number of carbonyl (C=O) groups is 8. The van der Waals surface area contributed by atoms with Gasteiger partial charge < -0.3 is 46.9 Å². The number of carbonyl (C=O) groups excluding carboxylic acids is 7. The monoisotopic (exact) mass is 1310 g/mol. The molecule has 0 saturated carbocycles. The summed E-state index contributed by atoms with van der Waals surface area (Å²) in [7, 11) is 0. The van der Waals surface area contributed by atoms with Crippen LogP contribution in [0.25, 0.3) is 22.3 Å². The van der Waals surface area contributed by atoms with Crippen molar-refractivity contribution in [2.45, 2.75) is 63.7 Å². The fraction of sp³-hybridized carbons (Fsp3) is 0.222. The van der Waals surface area contributed by atoms with Gasteiger partial charge in [-0.15, -0.1) is 0 Å². The Morgan fingerprint density at radius 3 is 1.05 bits per heavy atom. The summed E-state index contributed by atoms with van der Waals surface area (Å²) in [5, 5.41) is 34.6. The number of ether oxygens (including phenoxy) is 1. The number of anilines is 2. The lowest BCUT2D eigenvalue weighted by Crippen LogP contribution is -2.57. The highest BCUT2D eigenvalue weighted by Gasteiger charge is 2.49. The Morgan fingerprint density at radius 1 is 0.389 bits per heavy atom. The van der Waals surface area contributed by atoms with Crippen molar-refractivity contribution in [2.24, 2.45) is 0 Å². The Labute approximate surface area is 544 Å². The van der Waals surface area contributed by atoms with Crippen molar-refractivity contribution in [3.63, 3.8) is 0 Å². The van der Waals surface area contributed by atoms with Gasteiger partial charge in [0.2, 0.25) is 23.6 Å². The molecule has 0 spiro atoms. The minimum Gasteiger partial charge on any atom is -0.481 e. The molecule has 0 aliphatic rings. The maximum absolute atomic E-state index is 13.3. The topological polar surface area (TPSA) is 258 Å². The maximum Gasteiger partial charge on any atom is 0.416 e. The molecule has 17 nitrogen and oxygen atoms in total.